The summed E-state index contributed by atoms with van der Waals surface area (Å²) in [5.41, 5.74) is -0.124. The molecule has 120 valence electrons. The zero-order valence-electron chi connectivity index (χ0n) is 12.3. The van der Waals surface area contributed by atoms with Crippen molar-refractivity contribution in [1.82, 2.24) is 0 Å². The van der Waals surface area contributed by atoms with Crippen molar-refractivity contribution in [3.05, 3.63) is 69.7 Å². The first kappa shape index (κ1) is 21.2. The molecule has 0 saturated carbocycles. The van der Waals surface area contributed by atoms with E-state index in [1.54, 1.807) is 0 Å². The molecule has 6 nitrogen and oxygen atoms in total. The van der Waals surface area contributed by atoms with Gasteiger partial charge in [0, 0.05) is 10.0 Å². The molecule has 0 unspecified atom stereocenters. The van der Waals surface area contributed by atoms with Gasteiger partial charge in [0.05, 0.1) is 11.1 Å². The third-order valence-electron chi connectivity index (χ3n) is 2.55. The molecule has 2 aromatic carbocycles. The van der Waals surface area contributed by atoms with Crippen molar-refractivity contribution in [3.8, 4) is 0 Å². The molecule has 10 heteroatoms. The van der Waals surface area contributed by atoms with Crippen LogP contribution in [0.4, 0.5) is 0 Å². The molecular weight excluding hydrogens is 389 g/mol. The van der Waals surface area contributed by atoms with E-state index < -0.39 is 19.8 Å². The van der Waals surface area contributed by atoms with Gasteiger partial charge in [0.2, 0.25) is 0 Å². The van der Waals surface area contributed by atoms with Gasteiger partial charge in [0.25, 0.3) is 0 Å². The minimum atomic E-state index is -5.17. The number of benzene rings is 2. The summed E-state index contributed by atoms with van der Waals surface area (Å²) in [6.07, 6.45) is 0. The Balaban J connectivity index is 0.00000288. The Morgan fingerprint density at radius 1 is 0.792 bits per heavy atom. The van der Waals surface area contributed by atoms with Crippen molar-refractivity contribution < 1.29 is 57.7 Å². The summed E-state index contributed by atoms with van der Waals surface area (Å²) >= 11 is 11.3. The zero-order chi connectivity index (χ0) is 17.0. The van der Waals surface area contributed by atoms with Crippen LogP contribution in [0.3, 0.4) is 0 Å². The summed E-state index contributed by atoms with van der Waals surface area (Å²) < 4.78 is 20.1. The molecule has 0 aliphatic heterocycles. The Kier molecular flexibility index (Phi) is 7.96. The number of carbonyl (C=O) groups is 2. The van der Waals surface area contributed by atoms with Gasteiger partial charge in [-0.3, -0.25) is 0 Å². The van der Waals surface area contributed by atoms with Crippen LogP contribution in [0.5, 0.6) is 0 Å². The molecule has 0 bridgehead atoms. The van der Waals surface area contributed by atoms with Crippen LogP contribution in [0.25, 0.3) is 0 Å². The normalized spacial score (nSPS) is 10.5. The smallest absolute Gasteiger partial charge is 0.736 e. The van der Waals surface area contributed by atoms with Crippen LogP contribution in [0.2, 0.25) is 10.0 Å². The van der Waals surface area contributed by atoms with E-state index in [1.165, 1.54) is 48.5 Å². The monoisotopic (exact) mass is 396 g/mol. The molecule has 0 N–H and O–H groups in total. The molecule has 0 fully saturated rings. The first-order valence-electron chi connectivity index (χ1n) is 6.07. The number of rotatable bonds is 4. The number of carbonyl (C=O) groups excluding carboxylic acids is 2. The summed E-state index contributed by atoms with van der Waals surface area (Å²) in [7, 11) is -5.17. The van der Waals surface area contributed by atoms with Crippen LogP contribution in [-0.4, -0.2) is 11.9 Å². The number of halogens is 2. The third-order valence-corrected chi connectivity index (χ3v) is 3.83. The van der Waals surface area contributed by atoms with Crippen LogP contribution in [0, 0.1) is 0 Å². The largest absolute Gasteiger partial charge is 1.00 e. The van der Waals surface area contributed by atoms with Crippen molar-refractivity contribution in [2.24, 2.45) is 0 Å². The fourth-order valence-corrected chi connectivity index (χ4v) is 2.41. The fourth-order valence-electron chi connectivity index (χ4n) is 1.50. The topological polar surface area (TPSA) is 92.7 Å². The first-order chi connectivity index (χ1) is 10.8. The van der Waals surface area contributed by atoms with E-state index in [4.69, 9.17) is 23.2 Å². The maximum Gasteiger partial charge on any atom is 1.00 e. The van der Waals surface area contributed by atoms with Crippen LogP contribution in [0.15, 0.2) is 48.5 Å². The Bertz CT molecular complexity index is 715. The molecule has 0 saturated heterocycles. The van der Waals surface area contributed by atoms with E-state index >= 15 is 0 Å². The van der Waals surface area contributed by atoms with Gasteiger partial charge in [-0.2, -0.15) is 0 Å². The molecule has 0 atom stereocenters. The Morgan fingerprint density at radius 3 is 1.38 bits per heavy atom. The van der Waals surface area contributed by atoms with E-state index in [0.717, 1.165) is 0 Å². The summed E-state index contributed by atoms with van der Waals surface area (Å²) in [6.45, 7) is 0. The minimum absolute atomic E-state index is 0. The van der Waals surface area contributed by atoms with Crippen LogP contribution < -0.4 is 34.5 Å². The molecule has 2 aromatic rings. The van der Waals surface area contributed by atoms with Gasteiger partial charge < -0.3 is 13.9 Å². The van der Waals surface area contributed by atoms with Gasteiger partial charge >= 0.3 is 49.3 Å². The number of hydrogen-bond acceptors (Lipinski definition) is 6. The Hall–Kier alpha value is -0.850. The first-order valence-corrected chi connectivity index (χ1v) is 8.28. The van der Waals surface area contributed by atoms with E-state index in [1.807, 2.05) is 0 Å². The maximum absolute atomic E-state index is 11.7. The van der Waals surface area contributed by atoms with Crippen molar-refractivity contribution in [1.29, 1.82) is 0 Å². The van der Waals surface area contributed by atoms with Crippen molar-refractivity contribution in [3.63, 3.8) is 0 Å². The molecule has 24 heavy (non-hydrogen) atoms. The van der Waals surface area contributed by atoms with Crippen molar-refractivity contribution in [2.75, 3.05) is 0 Å². The predicted octanol–water partition coefficient (Wildman–Crippen LogP) is 0.480. The van der Waals surface area contributed by atoms with E-state index in [9.17, 15) is 19.0 Å². The molecule has 2 rings (SSSR count). The number of hydrogen-bond donors (Lipinski definition) is 0. The second-order valence-electron chi connectivity index (χ2n) is 4.22. The molecule has 0 radical (unpaired) electrons. The molecule has 0 spiro atoms. The average molecular weight is 397 g/mol. The molecule has 0 aliphatic carbocycles. The van der Waals surface area contributed by atoms with E-state index in [-0.39, 0.29) is 40.7 Å². The van der Waals surface area contributed by atoms with E-state index in [2.05, 4.69) is 9.05 Å². The summed E-state index contributed by atoms with van der Waals surface area (Å²) in [5, 5.41) is 0.724. The van der Waals surface area contributed by atoms with Gasteiger partial charge in [0.15, 0.2) is 0 Å². The molecule has 0 heterocycles. The number of phosphoric ester groups is 1. The predicted molar refractivity (Wildman–Crippen MR) is 81.3 cm³/mol. The van der Waals surface area contributed by atoms with Crippen LogP contribution >= 0.6 is 31.0 Å². The third kappa shape index (κ3) is 6.22. The second kappa shape index (κ2) is 9.02. The van der Waals surface area contributed by atoms with Gasteiger partial charge in [-0.1, -0.05) is 23.2 Å². The summed E-state index contributed by atoms with van der Waals surface area (Å²) in [5.74, 6) is -2.38. The second-order valence-corrected chi connectivity index (χ2v) is 6.35. The zero-order valence-corrected chi connectivity index (χ0v) is 16.7. The summed E-state index contributed by atoms with van der Waals surface area (Å²) in [4.78, 5) is 35.0. The fraction of sp³-hybridized carbons (Fsp3) is 0. The molecule has 0 amide bonds. The quantitative estimate of drug-likeness (QED) is 0.551. The molecular formula is C14H8Cl2NaO6P. The molecule has 0 aromatic heterocycles. The maximum atomic E-state index is 11.7. The van der Waals surface area contributed by atoms with E-state index in [0.29, 0.717) is 10.0 Å². The van der Waals surface area contributed by atoms with Crippen molar-refractivity contribution in [2.45, 2.75) is 0 Å². The van der Waals surface area contributed by atoms with Gasteiger partial charge in [0.1, 0.15) is 0 Å². The Morgan fingerprint density at radius 2 is 1.08 bits per heavy atom. The average Bonchev–Trinajstić information content (AvgIpc) is 2.47. The summed E-state index contributed by atoms with van der Waals surface area (Å²) in [6, 6.07) is 10.6. The molecule has 0 aliphatic rings. The Labute approximate surface area is 169 Å². The SMILES string of the molecule is O=C(OP(=O)([O-])OC(=O)c1ccc(Cl)cc1)c1ccc(Cl)cc1.[Na+]. The van der Waals surface area contributed by atoms with Gasteiger partial charge in [-0.25, -0.2) is 14.2 Å². The van der Waals surface area contributed by atoms with Gasteiger partial charge in [-0.05, 0) is 48.5 Å². The van der Waals surface area contributed by atoms with Crippen LogP contribution in [0.1, 0.15) is 20.7 Å². The number of phosphoric acid groups is 1. The minimum Gasteiger partial charge on any atom is -0.736 e. The van der Waals surface area contributed by atoms with Crippen molar-refractivity contribution >= 4 is 43.0 Å². The van der Waals surface area contributed by atoms with Gasteiger partial charge in [-0.15, -0.1) is 0 Å². The van der Waals surface area contributed by atoms with Crippen LogP contribution in [-0.2, 0) is 13.6 Å². The standard InChI is InChI=1S/C14H9Cl2O6P.Na/c15-11-5-1-9(2-6-11)13(17)21-23(19,20)22-14(18)10-3-7-12(16)8-4-10;/h1-8H,(H,19,20);/q;+1/p-1.